The monoisotopic (exact) mass is 405 g/mol. The molecule has 0 amide bonds. The molecule has 7 nitrogen and oxygen atoms in total. The number of carbonyl (C=O) groups is 2. The van der Waals surface area contributed by atoms with Crippen LogP contribution in [0.2, 0.25) is 0 Å². The first-order valence-electron chi connectivity index (χ1n) is 9.88. The second-order valence-electron chi connectivity index (χ2n) is 7.23. The molecule has 30 heavy (non-hydrogen) atoms. The van der Waals surface area contributed by atoms with Crippen LogP contribution >= 0.6 is 0 Å². The van der Waals surface area contributed by atoms with E-state index in [1.54, 1.807) is 24.5 Å². The van der Waals surface area contributed by atoms with Crippen LogP contribution in [0.4, 0.5) is 5.69 Å². The second-order valence-corrected chi connectivity index (χ2v) is 7.23. The number of benzene rings is 2. The quantitative estimate of drug-likeness (QED) is 0.605. The van der Waals surface area contributed by atoms with Crippen molar-refractivity contribution in [1.29, 1.82) is 0 Å². The fourth-order valence-corrected chi connectivity index (χ4v) is 3.79. The maximum Gasteiger partial charge on any atom is 0.341 e. The van der Waals surface area contributed by atoms with Gasteiger partial charge in [0.2, 0.25) is 0 Å². The Morgan fingerprint density at radius 3 is 2.33 bits per heavy atom. The predicted octanol–water partition coefficient (Wildman–Crippen LogP) is 2.70. The third-order valence-corrected chi connectivity index (χ3v) is 5.30. The van der Waals surface area contributed by atoms with Crippen LogP contribution in [0.25, 0.3) is 10.8 Å². The lowest BCUT2D eigenvalue weighted by Gasteiger charge is -2.35. The molecule has 1 aliphatic rings. The van der Waals surface area contributed by atoms with Gasteiger partial charge in [-0.05, 0) is 29.7 Å². The van der Waals surface area contributed by atoms with Crippen LogP contribution < -0.4 is 9.64 Å². The van der Waals surface area contributed by atoms with Gasteiger partial charge >= 0.3 is 5.97 Å². The first-order valence-corrected chi connectivity index (χ1v) is 9.88. The number of rotatable bonds is 7. The highest BCUT2D eigenvalue weighted by Crippen LogP contribution is 2.29. The van der Waals surface area contributed by atoms with E-state index in [0.717, 1.165) is 42.6 Å². The molecule has 3 aromatic rings. The maximum atomic E-state index is 13.1. The predicted molar refractivity (Wildman–Crippen MR) is 114 cm³/mol. The Morgan fingerprint density at radius 2 is 1.63 bits per heavy atom. The molecular formula is C23H23N3O4. The summed E-state index contributed by atoms with van der Waals surface area (Å²) in [6.07, 6.45) is 3.58. The van der Waals surface area contributed by atoms with Crippen LogP contribution in [-0.4, -0.2) is 66.1 Å². The fraction of sp³-hybridized carbons (Fsp3) is 0.261. The van der Waals surface area contributed by atoms with Gasteiger partial charge in [0.05, 0.1) is 6.54 Å². The van der Waals surface area contributed by atoms with Crippen molar-refractivity contribution in [2.75, 3.05) is 44.2 Å². The summed E-state index contributed by atoms with van der Waals surface area (Å²) in [4.78, 5) is 32.4. The van der Waals surface area contributed by atoms with Crippen LogP contribution in [0, 0.1) is 0 Å². The summed E-state index contributed by atoms with van der Waals surface area (Å²) in [6.45, 7) is 3.28. The second kappa shape index (κ2) is 8.92. The molecule has 1 aliphatic heterocycles. The fourth-order valence-electron chi connectivity index (χ4n) is 3.79. The number of piperazine rings is 1. The zero-order valence-corrected chi connectivity index (χ0v) is 16.5. The first kappa shape index (κ1) is 19.8. The molecule has 1 fully saturated rings. The van der Waals surface area contributed by atoms with Gasteiger partial charge in [-0.15, -0.1) is 0 Å². The van der Waals surface area contributed by atoms with E-state index in [9.17, 15) is 9.59 Å². The summed E-state index contributed by atoms with van der Waals surface area (Å²) < 4.78 is 5.39. The average molecular weight is 405 g/mol. The smallest absolute Gasteiger partial charge is 0.341 e. The Hall–Kier alpha value is -3.45. The number of pyridine rings is 1. The summed E-state index contributed by atoms with van der Waals surface area (Å²) in [5.74, 6) is -0.519. The van der Waals surface area contributed by atoms with Gasteiger partial charge in [0.15, 0.2) is 12.4 Å². The van der Waals surface area contributed by atoms with E-state index < -0.39 is 12.6 Å². The zero-order valence-electron chi connectivity index (χ0n) is 16.5. The maximum absolute atomic E-state index is 13.1. The molecule has 7 heteroatoms. The molecule has 1 N–H and O–H groups in total. The summed E-state index contributed by atoms with van der Waals surface area (Å²) in [5, 5.41) is 10.4. The molecule has 154 valence electrons. The number of fused-ring (bicyclic) bond motifs is 1. The van der Waals surface area contributed by atoms with Gasteiger partial charge in [-0.25, -0.2) is 4.79 Å². The zero-order chi connectivity index (χ0) is 20.9. The summed E-state index contributed by atoms with van der Waals surface area (Å²) in [6, 6.07) is 14.8. The van der Waals surface area contributed by atoms with E-state index in [4.69, 9.17) is 9.84 Å². The molecular weight excluding hydrogens is 382 g/mol. The number of carbonyl (C=O) groups excluding carboxylic acids is 1. The lowest BCUT2D eigenvalue weighted by Crippen LogP contribution is -2.48. The number of aromatic nitrogens is 1. The van der Waals surface area contributed by atoms with Crippen molar-refractivity contribution in [2.24, 2.45) is 0 Å². The minimum absolute atomic E-state index is 0.0494. The molecule has 0 bridgehead atoms. The van der Waals surface area contributed by atoms with Crippen molar-refractivity contribution >= 4 is 28.2 Å². The normalized spacial score (nSPS) is 14.6. The van der Waals surface area contributed by atoms with Crippen LogP contribution in [0.15, 0.2) is 60.9 Å². The summed E-state index contributed by atoms with van der Waals surface area (Å²) in [7, 11) is 0. The molecule has 1 aromatic heterocycles. The van der Waals surface area contributed by atoms with Crippen molar-refractivity contribution in [3.05, 3.63) is 66.5 Å². The van der Waals surface area contributed by atoms with E-state index in [-0.39, 0.29) is 5.78 Å². The summed E-state index contributed by atoms with van der Waals surface area (Å²) >= 11 is 0. The number of carboxylic acid groups (broad SMARTS) is 1. The van der Waals surface area contributed by atoms with Crippen LogP contribution in [0.3, 0.4) is 0 Å². The van der Waals surface area contributed by atoms with E-state index in [0.29, 0.717) is 17.9 Å². The highest BCUT2D eigenvalue weighted by molar-refractivity contribution is 6.10. The number of hydrogen-bond acceptors (Lipinski definition) is 6. The minimum Gasteiger partial charge on any atom is -0.481 e. The standard InChI is InChI=1S/C23H23N3O4/c27-21(15-25-11-13-26(14-12-25)17-7-9-24-10-8-17)19-5-6-22(30-16-23(28)29)20-4-2-1-3-18(19)20/h1-10H,11-16H2,(H,28,29). The summed E-state index contributed by atoms with van der Waals surface area (Å²) in [5.41, 5.74) is 1.78. The first-order chi connectivity index (χ1) is 14.6. The highest BCUT2D eigenvalue weighted by atomic mass is 16.5. The van der Waals surface area contributed by atoms with Gasteiger partial charge in [-0.2, -0.15) is 0 Å². The topological polar surface area (TPSA) is 83.0 Å². The third kappa shape index (κ3) is 4.41. The largest absolute Gasteiger partial charge is 0.481 e. The Balaban J connectivity index is 1.45. The number of Topliss-reactive ketones (excluding diaryl/α,β-unsaturated/α-hetero) is 1. The van der Waals surface area contributed by atoms with Crippen molar-refractivity contribution in [1.82, 2.24) is 9.88 Å². The molecule has 0 aliphatic carbocycles. The lowest BCUT2D eigenvalue weighted by molar-refractivity contribution is -0.139. The van der Waals surface area contributed by atoms with Crippen molar-refractivity contribution < 1.29 is 19.4 Å². The Morgan fingerprint density at radius 1 is 0.933 bits per heavy atom. The number of hydrogen-bond donors (Lipinski definition) is 1. The Bertz CT molecular complexity index is 1050. The Labute approximate surface area is 174 Å². The van der Waals surface area contributed by atoms with Gasteiger partial charge in [0.25, 0.3) is 0 Å². The van der Waals surface area contributed by atoms with Crippen LogP contribution in [-0.2, 0) is 4.79 Å². The average Bonchev–Trinajstić information content (AvgIpc) is 2.78. The molecule has 0 spiro atoms. The molecule has 4 rings (SSSR count). The van der Waals surface area contributed by atoms with Gasteiger partial charge in [0, 0.05) is 55.2 Å². The number of nitrogens with zero attached hydrogens (tertiary/aromatic N) is 3. The number of ketones is 1. The molecule has 2 aromatic carbocycles. The number of anilines is 1. The minimum atomic E-state index is -1.04. The van der Waals surface area contributed by atoms with E-state index in [1.807, 2.05) is 36.4 Å². The van der Waals surface area contributed by atoms with E-state index in [2.05, 4.69) is 14.8 Å². The van der Waals surface area contributed by atoms with Crippen molar-refractivity contribution in [3.8, 4) is 5.75 Å². The number of aliphatic carboxylic acids is 1. The third-order valence-electron chi connectivity index (χ3n) is 5.30. The van der Waals surface area contributed by atoms with E-state index >= 15 is 0 Å². The van der Waals surface area contributed by atoms with Crippen molar-refractivity contribution in [2.45, 2.75) is 0 Å². The lowest BCUT2D eigenvalue weighted by atomic mass is 10.00. The van der Waals surface area contributed by atoms with Gasteiger partial charge < -0.3 is 14.7 Å². The SMILES string of the molecule is O=C(O)COc1ccc(C(=O)CN2CCN(c3ccncc3)CC2)c2ccccc12. The van der Waals surface area contributed by atoms with Gasteiger partial charge in [0.1, 0.15) is 5.75 Å². The number of carboxylic acids is 1. The van der Waals surface area contributed by atoms with E-state index in [1.165, 1.54) is 0 Å². The number of ether oxygens (including phenoxy) is 1. The molecule has 0 radical (unpaired) electrons. The highest BCUT2D eigenvalue weighted by Gasteiger charge is 2.21. The van der Waals surface area contributed by atoms with Crippen molar-refractivity contribution in [3.63, 3.8) is 0 Å². The van der Waals surface area contributed by atoms with Gasteiger partial charge in [-0.3, -0.25) is 14.7 Å². The molecule has 0 saturated carbocycles. The molecule has 0 unspecified atom stereocenters. The molecule has 1 saturated heterocycles. The Kier molecular flexibility index (Phi) is 5.90. The molecule has 0 atom stereocenters. The van der Waals surface area contributed by atoms with Crippen LogP contribution in [0.5, 0.6) is 5.75 Å². The molecule has 2 heterocycles. The van der Waals surface area contributed by atoms with Gasteiger partial charge in [-0.1, -0.05) is 24.3 Å². The van der Waals surface area contributed by atoms with Crippen LogP contribution in [0.1, 0.15) is 10.4 Å².